The highest BCUT2D eigenvalue weighted by Crippen LogP contribution is 2.17. The van der Waals surface area contributed by atoms with Crippen molar-refractivity contribution in [3.63, 3.8) is 0 Å². The summed E-state index contributed by atoms with van der Waals surface area (Å²) < 4.78 is 5.45. The number of aliphatic carboxylic acids is 1. The van der Waals surface area contributed by atoms with E-state index in [1.807, 2.05) is 0 Å². The summed E-state index contributed by atoms with van der Waals surface area (Å²) in [6.07, 6.45) is 0.521. The predicted molar refractivity (Wildman–Crippen MR) is 49.3 cm³/mol. The van der Waals surface area contributed by atoms with E-state index in [1.54, 1.807) is 12.1 Å². The SMILES string of the molecule is COC(C(=O)O)c1ccc(Br)nc1. The summed E-state index contributed by atoms with van der Waals surface area (Å²) in [4.78, 5) is 14.6. The van der Waals surface area contributed by atoms with Gasteiger partial charge < -0.3 is 9.84 Å². The maximum absolute atomic E-state index is 10.7. The van der Waals surface area contributed by atoms with Crippen LogP contribution >= 0.6 is 15.9 Å². The number of hydrogen-bond donors (Lipinski definition) is 1. The molecule has 1 unspecified atom stereocenters. The van der Waals surface area contributed by atoms with Gasteiger partial charge in [0, 0.05) is 18.9 Å². The molecule has 1 rings (SSSR count). The molecule has 0 aromatic carbocycles. The summed E-state index contributed by atoms with van der Waals surface area (Å²) in [5.41, 5.74) is 0.526. The van der Waals surface area contributed by atoms with Gasteiger partial charge in [0.1, 0.15) is 4.60 Å². The number of ether oxygens (including phenoxy) is 1. The van der Waals surface area contributed by atoms with E-state index in [0.29, 0.717) is 10.2 Å². The number of carboxylic acids is 1. The Morgan fingerprint density at radius 1 is 1.69 bits per heavy atom. The number of hydrogen-bond acceptors (Lipinski definition) is 3. The molecule has 1 aromatic rings. The van der Waals surface area contributed by atoms with Crippen LogP contribution in [-0.4, -0.2) is 23.2 Å². The fourth-order valence-electron chi connectivity index (χ4n) is 0.922. The van der Waals surface area contributed by atoms with Gasteiger partial charge in [-0.05, 0) is 22.0 Å². The number of nitrogens with zero attached hydrogens (tertiary/aromatic N) is 1. The first-order chi connectivity index (χ1) is 6.15. The largest absolute Gasteiger partial charge is 0.479 e. The lowest BCUT2D eigenvalue weighted by Gasteiger charge is -2.09. The zero-order valence-electron chi connectivity index (χ0n) is 6.90. The molecule has 0 aliphatic carbocycles. The molecule has 5 heteroatoms. The molecule has 0 saturated carbocycles. The summed E-state index contributed by atoms with van der Waals surface area (Å²) in [7, 11) is 1.35. The van der Waals surface area contributed by atoms with E-state index in [-0.39, 0.29) is 0 Å². The third kappa shape index (κ3) is 2.50. The highest BCUT2D eigenvalue weighted by molar-refractivity contribution is 9.10. The number of aromatic nitrogens is 1. The topological polar surface area (TPSA) is 59.4 Å². The van der Waals surface area contributed by atoms with E-state index in [4.69, 9.17) is 9.84 Å². The van der Waals surface area contributed by atoms with Gasteiger partial charge in [-0.1, -0.05) is 6.07 Å². The van der Waals surface area contributed by atoms with Crippen LogP contribution in [0, 0.1) is 0 Å². The molecule has 1 N–H and O–H groups in total. The van der Waals surface area contributed by atoms with Crippen molar-refractivity contribution in [3.05, 3.63) is 28.5 Å². The third-order valence-corrected chi connectivity index (χ3v) is 1.98. The second-order valence-corrected chi connectivity index (χ2v) is 3.18. The molecule has 0 bridgehead atoms. The van der Waals surface area contributed by atoms with Crippen LogP contribution in [0.3, 0.4) is 0 Å². The quantitative estimate of drug-likeness (QED) is 0.823. The molecular formula is C8H8BrNO3. The maximum Gasteiger partial charge on any atom is 0.337 e. The lowest BCUT2D eigenvalue weighted by atomic mass is 10.2. The third-order valence-electron chi connectivity index (χ3n) is 1.51. The van der Waals surface area contributed by atoms with Gasteiger partial charge in [0.25, 0.3) is 0 Å². The van der Waals surface area contributed by atoms with E-state index < -0.39 is 12.1 Å². The first-order valence-corrected chi connectivity index (χ1v) is 4.31. The standard InChI is InChI=1S/C8H8BrNO3/c1-13-7(8(11)12)5-2-3-6(9)10-4-5/h2-4,7H,1H3,(H,11,12). The molecule has 0 fully saturated rings. The summed E-state index contributed by atoms with van der Waals surface area (Å²) in [5.74, 6) is -1.02. The van der Waals surface area contributed by atoms with Crippen molar-refractivity contribution in [2.24, 2.45) is 0 Å². The minimum absolute atomic E-state index is 0.526. The normalized spacial score (nSPS) is 12.5. The summed E-state index contributed by atoms with van der Waals surface area (Å²) in [6.45, 7) is 0. The molecule has 1 heterocycles. The van der Waals surface area contributed by atoms with Crippen LogP contribution in [0.4, 0.5) is 0 Å². The van der Waals surface area contributed by atoms with Gasteiger partial charge >= 0.3 is 5.97 Å². The lowest BCUT2D eigenvalue weighted by molar-refractivity contribution is -0.148. The number of carbonyl (C=O) groups is 1. The van der Waals surface area contributed by atoms with Gasteiger partial charge in [-0.15, -0.1) is 0 Å². The van der Waals surface area contributed by atoms with Crippen LogP contribution < -0.4 is 0 Å². The van der Waals surface area contributed by atoms with Crippen molar-refractivity contribution >= 4 is 21.9 Å². The summed E-state index contributed by atoms with van der Waals surface area (Å²) >= 11 is 3.15. The first kappa shape index (κ1) is 10.1. The molecule has 13 heavy (non-hydrogen) atoms. The Hall–Kier alpha value is -0.940. The highest BCUT2D eigenvalue weighted by atomic mass is 79.9. The number of rotatable bonds is 3. The van der Waals surface area contributed by atoms with Gasteiger partial charge in [-0.2, -0.15) is 0 Å². The molecule has 0 aliphatic heterocycles. The van der Waals surface area contributed by atoms with Gasteiger partial charge in [-0.3, -0.25) is 0 Å². The van der Waals surface area contributed by atoms with Gasteiger partial charge in [-0.25, -0.2) is 9.78 Å². The Kier molecular flexibility index (Phi) is 3.39. The smallest absolute Gasteiger partial charge is 0.337 e. The molecule has 0 radical (unpaired) electrons. The lowest BCUT2D eigenvalue weighted by Crippen LogP contribution is -2.13. The van der Waals surface area contributed by atoms with Crippen molar-refractivity contribution in [1.29, 1.82) is 0 Å². The second-order valence-electron chi connectivity index (χ2n) is 2.37. The van der Waals surface area contributed by atoms with Crippen molar-refractivity contribution < 1.29 is 14.6 Å². The number of methoxy groups -OCH3 is 1. The van der Waals surface area contributed by atoms with Crippen LogP contribution in [-0.2, 0) is 9.53 Å². The fraction of sp³-hybridized carbons (Fsp3) is 0.250. The van der Waals surface area contributed by atoms with Crippen molar-refractivity contribution in [2.45, 2.75) is 6.10 Å². The van der Waals surface area contributed by atoms with Crippen LogP contribution in [0.5, 0.6) is 0 Å². The predicted octanol–water partition coefficient (Wildman–Crippen LogP) is 1.62. The van der Waals surface area contributed by atoms with Crippen LogP contribution in [0.2, 0.25) is 0 Å². The van der Waals surface area contributed by atoms with E-state index in [2.05, 4.69) is 20.9 Å². The molecule has 0 amide bonds. The van der Waals surface area contributed by atoms with Crippen LogP contribution in [0.1, 0.15) is 11.7 Å². The Morgan fingerprint density at radius 3 is 2.77 bits per heavy atom. The van der Waals surface area contributed by atoms with Crippen molar-refractivity contribution in [2.75, 3.05) is 7.11 Å². The minimum Gasteiger partial charge on any atom is -0.479 e. The van der Waals surface area contributed by atoms with Crippen molar-refractivity contribution in [1.82, 2.24) is 4.98 Å². The van der Waals surface area contributed by atoms with E-state index in [9.17, 15) is 4.79 Å². The molecule has 0 spiro atoms. The molecule has 0 aliphatic rings. The van der Waals surface area contributed by atoms with Gasteiger partial charge in [0.15, 0.2) is 6.10 Å². The second kappa shape index (κ2) is 4.34. The fourth-order valence-corrected chi connectivity index (χ4v) is 1.16. The average Bonchev–Trinajstić information content (AvgIpc) is 2.09. The molecule has 1 aromatic heterocycles. The molecular weight excluding hydrogens is 238 g/mol. The van der Waals surface area contributed by atoms with Gasteiger partial charge in [0.2, 0.25) is 0 Å². The molecule has 1 atom stereocenters. The number of halogens is 1. The van der Waals surface area contributed by atoms with E-state index >= 15 is 0 Å². The number of carboxylic acid groups (broad SMARTS) is 1. The Morgan fingerprint density at radius 2 is 2.38 bits per heavy atom. The zero-order chi connectivity index (χ0) is 9.84. The zero-order valence-corrected chi connectivity index (χ0v) is 8.48. The minimum atomic E-state index is -1.02. The summed E-state index contributed by atoms with van der Waals surface area (Å²) in [5, 5.41) is 8.73. The van der Waals surface area contributed by atoms with Crippen molar-refractivity contribution in [3.8, 4) is 0 Å². The monoisotopic (exact) mass is 245 g/mol. The van der Waals surface area contributed by atoms with Crippen LogP contribution in [0.25, 0.3) is 0 Å². The Bertz CT molecular complexity index is 299. The molecule has 70 valence electrons. The first-order valence-electron chi connectivity index (χ1n) is 3.52. The molecule has 0 saturated heterocycles. The van der Waals surface area contributed by atoms with E-state index in [0.717, 1.165) is 0 Å². The average molecular weight is 246 g/mol. The molecule has 4 nitrogen and oxygen atoms in total. The van der Waals surface area contributed by atoms with Crippen LogP contribution in [0.15, 0.2) is 22.9 Å². The summed E-state index contributed by atoms with van der Waals surface area (Å²) in [6, 6.07) is 3.32. The number of pyridine rings is 1. The Labute approximate surface area is 83.7 Å². The maximum atomic E-state index is 10.7. The Balaban J connectivity index is 2.92. The highest BCUT2D eigenvalue weighted by Gasteiger charge is 2.18. The van der Waals surface area contributed by atoms with E-state index in [1.165, 1.54) is 13.3 Å². The van der Waals surface area contributed by atoms with Gasteiger partial charge in [0.05, 0.1) is 0 Å².